The van der Waals surface area contributed by atoms with Gasteiger partial charge >= 0.3 is 69.4 Å². The van der Waals surface area contributed by atoms with E-state index >= 15 is 0 Å². The molecule has 0 bridgehead atoms. The van der Waals surface area contributed by atoms with E-state index < -0.39 is 65.0 Å². The van der Waals surface area contributed by atoms with Crippen molar-refractivity contribution in [3.8, 4) is 0 Å². The number of esters is 5. The standard InChI is InChI=1S/C16H20N2O5.C16H21NO6.C16H23NO4.C15H20N2O4.C11H13NO5.C8H6FNO4.CH3I.Mn.2O/c1-21-15(19)11-5-6-13-12(10-11)17-16(20)18(13)7-9-23-14-4-2-3-8-22-14;1-21-16(18)13-8-7-12(14(11-13)17(19)20)5-4-10-23-15-6-2-3-9-22-15;1-19-16(18)13-8-7-12(14(17)11-13)5-4-10-21-15-6-2-3-9-20-15;18-10-11-4-5-13-12(9-11)16-15(19)17(13)6-8-21-14-3-1-2-7-20-14;1-17-11(14)9-5-4-8(3-2-6-13)10(7-9)12(15)16;1-14-8(11)5-2-3-6(9)7(4-5)10(12)13;1-2;;;/h5-6,10,14H,2-4,7-9H2,1H3,(H,17,20);7-8,11,15H,2-6,9-10H2,1H3;7-8,11,15H,2-6,9-10,17H2,1H3;4-5,9,14,18H,1-3,6-8,10H2,(H,16,19);4-5,7,13H,2-3,6H2,1H3;2-4H,1H3;1H3;;;/i;;;;;;1D;;;. The molecule has 8 aromatic rings. The van der Waals surface area contributed by atoms with E-state index in [0.717, 1.165) is 163 Å². The van der Waals surface area contributed by atoms with Gasteiger partial charge in [-0.25, -0.2) is 33.6 Å². The van der Waals surface area contributed by atoms with Crippen LogP contribution in [0.25, 0.3) is 22.1 Å². The topological polar surface area (TPSA) is 511 Å². The molecule has 0 spiro atoms. The van der Waals surface area contributed by atoms with E-state index in [0.29, 0.717) is 104 Å². The number of hydrogen-bond acceptors (Lipinski definition) is 31. The first kappa shape index (κ1) is 102. The fraction of sp³-hybridized carbons (Fsp3) is 0.482. The molecular weight excluding hydrogens is 1790 g/mol. The number of hydrogen-bond donors (Lipinski definition) is 5. The number of alkyl halides is 1. The number of nitrogen functional groups attached to an aromatic ring is 1. The molecule has 0 radical (unpaired) electrons. The summed E-state index contributed by atoms with van der Waals surface area (Å²) in [7, 11) is 6.28. The number of carbonyl (C=O) groups excluding carboxylic acids is 5. The van der Waals surface area contributed by atoms with Crippen molar-refractivity contribution in [3.05, 3.63) is 216 Å². The number of halogens is 2. The summed E-state index contributed by atoms with van der Waals surface area (Å²) in [5.41, 5.74) is 12.2. The number of H-pyrrole nitrogens is 2. The van der Waals surface area contributed by atoms with Crippen molar-refractivity contribution in [1.82, 2.24) is 19.1 Å². The molecule has 4 saturated heterocycles. The Hall–Kier alpha value is -10.4. The summed E-state index contributed by atoms with van der Waals surface area (Å²) in [4.78, 5) is 117. The Morgan fingerprint density at radius 2 is 0.815 bits per heavy atom. The van der Waals surface area contributed by atoms with Gasteiger partial charge in [0.2, 0.25) is 5.82 Å². The number of benzene rings is 6. The van der Waals surface area contributed by atoms with Crippen LogP contribution in [0, 0.1) is 36.2 Å². The number of fused-ring (bicyclic) bond motifs is 2. The Kier molecular flexibility index (Phi) is 47.8. The number of nitro benzene ring substituents is 3. The van der Waals surface area contributed by atoms with Gasteiger partial charge in [-0.15, -0.1) is 0 Å². The van der Waals surface area contributed by atoms with Gasteiger partial charge in [0, 0.05) is 69.4 Å². The number of aryl methyl sites for hydroxylation is 3. The summed E-state index contributed by atoms with van der Waals surface area (Å²) in [6.45, 7) is 5.83. The minimum atomic E-state index is -1.44. The van der Waals surface area contributed by atoms with Gasteiger partial charge in [-0.3, -0.25) is 39.5 Å². The van der Waals surface area contributed by atoms with Crippen LogP contribution in [0.15, 0.2) is 119 Å². The Morgan fingerprint density at radius 1 is 0.492 bits per heavy atom. The van der Waals surface area contributed by atoms with E-state index in [2.05, 4.69) is 33.7 Å². The number of nitrogens with two attached hydrogens (primary N) is 1. The third-order valence-corrected chi connectivity index (χ3v) is 18.9. The molecule has 0 saturated carbocycles. The Labute approximate surface area is 733 Å². The van der Waals surface area contributed by atoms with Gasteiger partial charge < -0.3 is 87.5 Å². The van der Waals surface area contributed by atoms with Gasteiger partial charge in [0.15, 0.2) is 25.2 Å². The fourth-order valence-electron chi connectivity index (χ4n) is 12.7. The number of nitrogens with one attached hydrogen (secondary N) is 2. The molecule has 4 aliphatic rings. The SMILES string of the molecule is COC(=O)c1ccc(CCCO)c([N+](=O)[O-])c1.COC(=O)c1ccc(CCCOC2CCCCO2)c(N)c1.COC(=O)c1ccc(CCCOC2CCCCO2)c([N+](=O)[O-])c1.COC(=O)c1ccc(F)c([N+](=O)[O-])c1.COC(=O)c1ccc2c(c1)[nH]c(=O)n2CCOC1CCCCO1.O=c1[nH]c2cc(CO)ccc2n1CCOC1CCCCO1.[2H]CI.[O]=[Mn]=[O]. The van der Waals surface area contributed by atoms with Crippen molar-refractivity contribution in [2.24, 2.45) is 0 Å². The third-order valence-electron chi connectivity index (χ3n) is 18.9. The second-order valence-corrected chi connectivity index (χ2v) is 27.4. The van der Waals surface area contributed by atoms with Crippen LogP contribution < -0.4 is 17.1 Å². The zero-order valence-electron chi connectivity index (χ0n) is 70.4. The zero-order valence-corrected chi connectivity index (χ0v) is 72.7. The minimum absolute atomic E-state index is 0.0318. The van der Waals surface area contributed by atoms with Crippen LogP contribution >= 0.6 is 22.6 Å². The number of aliphatic hydroxyl groups is 2. The molecule has 4 aliphatic heterocycles. The first-order valence-electron chi connectivity index (χ1n) is 40.1. The summed E-state index contributed by atoms with van der Waals surface area (Å²) < 4.78 is 106. The van der Waals surface area contributed by atoms with Gasteiger partial charge in [0.1, 0.15) is 0 Å². The summed E-state index contributed by atoms with van der Waals surface area (Å²) in [5.74, 6) is -3.72. The van der Waals surface area contributed by atoms with Crippen molar-refractivity contribution in [3.63, 3.8) is 0 Å². The Balaban J connectivity index is 0.000000264. The maximum absolute atomic E-state index is 12.8. The monoisotopic (exact) mass is 1900 g/mol. The van der Waals surface area contributed by atoms with E-state index in [4.69, 9.17) is 62.9 Å². The predicted molar refractivity (Wildman–Crippen MR) is 449 cm³/mol. The molecule has 0 amide bonds. The van der Waals surface area contributed by atoms with Crippen molar-refractivity contribution < 1.29 is 139 Å². The van der Waals surface area contributed by atoms with E-state index in [1.165, 1.54) is 59.1 Å². The van der Waals surface area contributed by atoms with Gasteiger partial charge in [-0.2, -0.15) is 4.39 Å². The van der Waals surface area contributed by atoms with Gasteiger partial charge in [0.05, 0.1) is 146 Å². The van der Waals surface area contributed by atoms with Crippen LogP contribution in [0.5, 0.6) is 0 Å². The summed E-state index contributed by atoms with van der Waals surface area (Å²) in [6.07, 6.45) is 15.7. The van der Waals surface area contributed by atoms with Crippen LogP contribution in [0.1, 0.15) is 172 Å². The number of aromatic nitrogens is 4. The number of aromatic amines is 2. The van der Waals surface area contributed by atoms with Crippen LogP contribution in [0.4, 0.5) is 27.1 Å². The third kappa shape index (κ3) is 35.0. The second kappa shape index (κ2) is 57.9. The molecule has 2 aromatic heterocycles. The molecule has 4 atom stereocenters. The Morgan fingerprint density at radius 3 is 1.17 bits per heavy atom. The van der Waals surface area contributed by atoms with Crippen LogP contribution in [0.3, 0.4) is 0 Å². The maximum atomic E-state index is 12.8. The molecule has 679 valence electrons. The van der Waals surface area contributed by atoms with Crippen LogP contribution in [-0.4, -0.2) is 199 Å². The summed E-state index contributed by atoms with van der Waals surface area (Å²) >= 11 is 0.518. The molecular formula is C83H106FIMnN8O30. The van der Waals surface area contributed by atoms with E-state index in [-0.39, 0.29) is 83.8 Å². The molecule has 38 nitrogen and oxygen atoms in total. The predicted octanol–water partition coefficient (Wildman–Crippen LogP) is 12.1. The van der Waals surface area contributed by atoms with Crippen molar-refractivity contribution in [2.45, 2.75) is 160 Å². The normalized spacial score (nSPS) is 15.7. The first-order chi connectivity index (χ1) is 60.3. The quantitative estimate of drug-likeness (QED) is 0.00321. The number of nitro groups is 3. The number of carbonyl (C=O) groups is 5. The molecule has 4 fully saturated rings. The molecule has 0 aliphatic carbocycles. The Bertz CT molecular complexity index is 4910. The van der Waals surface area contributed by atoms with E-state index in [1.54, 1.807) is 57.7 Å². The number of methoxy groups -OCH3 is 5. The number of rotatable bonds is 30. The first-order valence-corrected chi connectivity index (χ1v) is 41.9. The molecule has 41 heteroatoms. The van der Waals surface area contributed by atoms with Crippen LogP contribution in [-0.2, 0) is 123 Å². The average Bonchev–Trinajstić information content (AvgIpc) is 1.65. The molecule has 6 aromatic carbocycles. The van der Waals surface area contributed by atoms with Gasteiger partial charge in [0.25, 0.3) is 11.4 Å². The molecule has 6 N–H and O–H groups in total. The molecule has 12 rings (SSSR count). The average molecular weight is 1900 g/mol. The van der Waals surface area contributed by atoms with Gasteiger partial charge in [-0.1, -0.05) is 46.9 Å². The number of ether oxygens (including phenoxy) is 13. The van der Waals surface area contributed by atoms with Crippen molar-refractivity contribution in [2.75, 3.05) is 106 Å². The van der Waals surface area contributed by atoms with Gasteiger partial charge in [-0.05, 0) is 198 Å². The van der Waals surface area contributed by atoms with Crippen LogP contribution in [0.2, 0.25) is 0 Å². The van der Waals surface area contributed by atoms with Crippen molar-refractivity contribution in [1.29, 1.82) is 0 Å². The van der Waals surface area contributed by atoms with E-state index in [9.17, 15) is 68.3 Å². The summed E-state index contributed by atoms with van der Waals surface area (Å²) in [6, 6.07) is 27.1. The number of imidazole rings is 2. The molecule has 124 heavy (non-hydrogen) atoms. The molecule has 6 heterocycles. The number of nitrogens with zero attached hydrogens (tertiary/aromatic N) is 5. The number of anilines is 1. The summed E-state index contributed by atoms with van der Waals surface area (Å²) in [5, 5.41) is 50.1. The van der Waals surface area contributed by atoms with Crippen molar-refractivity contribution >= 4 is 97.3 Å². The second-order valence-electron chi connectivity index (χ2n) is 27.2. The molecule has 4 unspecified atom stereocenters. The zero-order chi connectivity index (χ0) is 91.6. The number of aliphatic hydroxyl groups excluding tert-OH is 2. The van der Waals surface area contributed by atoms with E-state index in [1.807, 2.05) is 40.8 Å². The fourth-order valence-corrected chi connectivity index (χ4v) is 12.7.